The van der Waals surface area contributed by atoms with Crippen LogP contribution in [0.25, 0.3) is 5.69 Å². The van der Waals surface area contributed by atoms with Crippen molar-refractivity contribution in [2.24, 2.45) is 0 Å². The molecule has 2 aromatic carbocycles. The maximum absolute atomic E-state index is 11.0. The summed E-state index contributed by atoms with van der Waals surface area (Å²) in [5, 5.41) is 10.9. The lowest BCUT2D eigenvalue weighted by atomic mass is 10.0. The van der Waals surface area contributed by atoms with E-state index >= 15 is 0 Å². The molecule has 0 aliphatic carbocycles. The number of hydrogen-bond donors (Lipinski definition) is 1. The monoisotopic (exact) mass is 323 g/mol. The van der Waals surface area contributed by atoms with Gasteiger partial charge in [0.25, 0.3) is 0 Å². The zero-order chi connectivity index (χ0) is 15.8. The fourth-order valence-electron chi connectivity index (χ4n) is 3.01. The highest BCUT2D eigenvalue weighted by atomic mass is 32.2. The minimum absolute atomic E-state index is 0.0572. The zero-order valence-electron chi connectivity index (χ0n) is 12.7. The number of aliphatic hydroxyl groups excluding tert-OH is 1. The summed E-state index contributed by atoms with van der Waals surface area (Å²) in [4.78, 5) is 1.17. The Hall–Kier alpha value is -2.17. The van der Waals surface area contributed by atoms with Crippen LogP contribution in [0.1, 0.15) is 22.6 Å². The molecule has 0 radical (unpaired) electrons. The summed E-state index contributed by atoms with van der Waals surface area (Å²) in [6, 6.07) is 20.2. The molecule has 4 heteroatoms. The quantitative estimate of drug-likeness (QED) is 0.760. The average Bonchev–Trinajstić information content (AvgIpc) is 3.05. The summed E-state index contributed by atoms with van der Waals surface area (Å²) in [6.07, 6.45) is 1.43. The summed E-state index contributed by atoms with van der Waals surface area (Å²) in [6.45, 7) is 0. The van der Waals surface area contributed by atoms with Crippen molar-refractivity contribution in [2.45, 2.75) is 16.2 Å². The number of thioether (sulfide) groups is 1. The van der Waals surface area contributed by atoms with Crippen LogP contribution in [-0.4, -0.2) is 16.8 Å². The molecule has 1 N–H and O–H groups in total. The van der Waals surface area contributed by atoms with Crippen LogP contribution < -0.4 is 4.74 Å². The summed E-state index contributed by atoms with van der Waals surface area (Å²) >= 11 is 1.70. The molecule has 23 heavy (non-hydrogen) atoms. The highest BCUT2D eigenvalue weighted by Gasteiger charge is 2.30. The van der Waals surface area contributed by atoms with Gasteiger partial charge >= 0.3 is 0 Å². The summed E-state index contributed by atoms with van der Waals surface area (Å²) in [7, 11) is 1.66. The number of rotatable bonds is 2. The number of hydrogen-bond acceptors (Lipinski definition) is 3. The van der Waals surface area contributed by atoms with Gasteiger partial charge in [0.1, 0.15) is 11.9 Å². The van der Waals surface area contributed by atoms with E-state index < -0.39 is 6.10 Å². The van der Waals surface area contributed by atoms with Crippen molar-refractivity contribution in [2.75, 3.05) is 7.11 Å². The van der Waals surface area contributed by atoms with Crippen molar-refractivity contribution in [3.8, 4) is 11.4 Å². The third-order valence-corrected chi connectivity index (χ3v) is 5.58. The van der Waals surface area contributed by atoms with Gasteiger partial charge in [0.15, 0.2) is 0 Å². The smallest absolute Gasteiger partial charge is 0.118 e. The molecule has 0 unspecified atom stereocenters. The SMILES string of the molecule is COc1ccc([C@@H]2Sc3ccccc3-n3cccc3[C@@H]2O)cc1. The summed E-state index contributed by atoms with van der Waals surface area (Å²) in [5.41, 5.74) is 3.13. The molecule has 1 aromatic heterocycles. The van der Waals surface area contributed by atoms with E-state index in [1.54, 1.807) is 18.9 Å². The highest BCUT2D eigenvalue weighted by Crippen LogP contribution is 2.49. The Bertz CT molecular complexity index is 825. The van der Waals surface area contributed by atoms with E-state index in [4.69, 9.17) is 4.74 Å². The van der Waals surface area contributed by atoms with Gasteiger partial charge in [0.05, 0.1) is 23.7 Å². The molecule has 2 atom stereocenters. The van der Waals surface area contributed by atoms with Gasteiger partial charge in [-0.05, 0) is 42.0 Å². The Morgan fingerprint density at radius 3 is 2.57 bits per heavy atom. The van der Waals surface area contributed by atoms with Crippen LogP contribution in [0.4, 0.5) is 0 Å². The predicted octanol–water partition coefficient (Wildman–Crippen LogP) is 4.37. The Morgan fingerprint density at radius 1 is 1.00 bits per heavy atom. The molecule has 0 saturated carbocycles. The molecule has 2 heterocycles. The molecule has 0 fully saturated rings. The van der Waals surface area contributed by atoms with Crippen molar-refractivity contribution < 1.29 is 9.84 Å². The van der Waals surface area contributed by atoms with E-state index in [1.165, 1.54) is 4.90 Å². The first-order chi connectivity index (χ1) is 11.3. The second-order valence-electron chi connectivity index (χ2n) is 5.53. The van der Waals surface area contributed by atoms with Crippen molar-refractivity contribution in [3.63, 3.8) is 0 Å². The lowest BCUT2D eigenvalue weighted by molar-refractivity contribution is 0.169. The number of ether oxygens (including phenoxy) is 1. The number of nitrogens with zero attached hydrogens (tertiary/aromatic N) is 1. The highest BCUT2D eigenvalue weighted by molar-refractivity contribution is 7.99. The lowest BCUT2D eigenvalue weighted by Crippen LogP contribution is -2.09. The molecular formula is C19H17NO2S. The van der Waals surface area contributed by atoms with Gasteiger partial charge in [-0.3, -0.25) is 0 Å². The second-order valence-corrected chi connectivity index (χ2v) is 6.71. The normalized spacial score (nSPS) is 19.6. The fraction of sp³-hybridized carbons (Fsp3) is 0.158. The van der Waals surface area contributed by atoms with Crippen molar-refractivity contribution >= 4 is 11.8 Å². The molecule has 0 amide bonds. The number of aliphatic hydroxyl groups is 1. The molecule has 4 rings (SSSR count). The fourth-order valence-corrected chi connectivity index (χ4v) is 4.29. The number of benzene rings is 2. The second kappa shape index (κ2) is 5.80. The minimum atomic E-state index is -0.573. The Kier molecular flexibility index (Phi) is 3.63. The topological polar surface area (TPSA) is 34.4 Å². The molecule has 3 nitrogen and oxygen atoms in total. The van der Waals surface area contributed by atoms with Gasteiger partial charge < -0.3 is 14.4 Å². The number of aromatic nitrogens is 1. The molecule has 116 valence electrons. The Labute approximate surface area is 139 Å². The largest absolute Gasteiger partial charge is 0.497 e. The maximum atomic E-state index is 11.0. The molecular weight excluding hydrogens is 306 g/mol. The van der Waals surface area contributed by atoms with E-state index in [9.17, 15) is 5.11 Å². The van der Waals surface area contributed by atoms with Crippen molar-refractivity contribution in [1.29, 1.82) is 0 Å². The maximum Gasteiger partial charge on any atom is 0.118 e. The van der Waals surface area contributed by atoms with Gasteiger partial charge in [-0.15, -0.1) is 11.8 Å². The number of fused-ring (bicyclic) bond motifs is 3. The van der Waals surface area contributed by atoms with E-state index in [0.29, 0.717) is 0 Å². The minimum Gasteiger partial charge on any atom is -0.497 e. The van der Waals surface area contributed by atoms with Gasteiger partial charge in [-0.25, -0.2) is 0 Å². The summed E-state index contributed by atoms with van der Waals surface area (Å²) in [5.74, 6) is 0.825. The zero-order valence-corrected chi connectivity index (χ0v) is 13.5. The number of methoxy groups -OCH3 is 1. The van der Waals surface area contributed by atoms with Crippen LogP contribution in [0.15, 0.2) is 71.8 Å². The van der Waals surface area contributed by atoms with Crippen LogP contribution in [-0.2, 0) is 0 Å². The lowest BCUT2D eigenvalue weighted by Gasteiger charge is -2.21. The predicted molar refractivity (Wildman–Crippen MR) is 92.3 cm³/mol. The van der Waals surface area contributed by atoms with Crippen molar-refractivity contribution in [3.05, 3.63) is 78.1 Å². The van der Waals surface area contributed by atoms with Gasteiger partial charge in [0, 0.05) is 11.1 Å². The van der Waals surface area contributed by atoms with Crippen LogP contribution in [0, 0.1) is 0 Å². The number of para-hydroxylation sites is 1. The molecule has 3 aromatic rings. The van der Waals surface area contributed by atoms with Gasteiger partial charge in [-0.2, -0.15) is 0 Å². The Balaban J connectivity index is 1.83. The van der Waals surface area contributed by atoms with Crippen LogP contribution >= 0.6 is 11.8 Å². The third kappa shape index (κ3) is 2.44. The van der Waals surface area contributed by atoms with E-state index in [-0.39, 0.29) is 5.25 Å². The van der Waals surface area contributed by atoms with Crippen LogP contribution in [0.3, 0.4) is 0 Å². The third-order valence-electron chi connectivity index (χ3n) is 4.19. The molecule has 0 saturated heterocycles. The van der Waals surface area contributed by atoms with Gasteiger partial charge in [-0.1, -0.05) is 24.3 Å². The van der Waals surface area contributed by atoms with Gasteiger partial charge in [0.2, 0.25) is 0 Å². The standard InChI is InChI=1S/C19H17NO2S/c1-22-14-10-8-13(9-11-14)19-18(21)16-6-4-12-20(16)15-5-2-3-7-17(15)23-19/h2-12,18-19,21H,1H3/t18-,19-/m0/s1. The van der Waals surface area contributed by atoms with E-state index in [0.717, 1.165) is 22.7 Å². The average molecular weight is 323 g/mol. The summed E-state index contributed by atoms with van der Waals surface area (Å²) < 4.78 is 7.31. The van der Waals surface area contributed by atoms with Crippen molar-refractivity contribution in [1.82, 2.24) is 4.57 Å². The van der Waals surface area contributed by atoms with Crippen LogP contribution in [0.2, 0.25) is 0 Å². The molecule has 1 aliphatic rings. The molecule has 0 bridgehead atoms. The molecule has 1 aliphatic heterocycles. The first-order valence-corrected chi connectivity index (χ1v) is 8.41. The first kappa shape index (κ1) is 14.4. The van der Waals surface area contributed by atoms with E-state index in [2.05, 4.69) is 16.7 Å². The van der Waals surface area contributed by atoms with E-state index in [1.807, 2.05) is 54.7 Å². The first-order valence-electron chi connectivity index (χ1n) is 7.53. The van der Waals surface area contributed by atoms with Crippen LogP contribution in [0.5, 0.6) is 5.75 Å². The molecule has 0 spiro atoms. The Morgan fingerprint density at radius 2 is 1.78 bits per heavy atom.